The lowest BCUT2D eigenvalue weighted by atomic mass is 10.1. The fraction of sp³-hybridized carbons (Fsp3) is 0.211. The maximum Gasteiger partial charge on any atom is 0.236 e. The third kappa shape index (κ3) is 5.97. The Labute approximate surface area is 157 Å². The predicted octanol–water partition coefficient (Wildman–Crippen LogP) is 3.07. The molecule has 1 N–H and O–H groups in total. The van der Waals surface area contributed by atoms with E-state index < -0.39 is 40.2 Å². The van der Waals surface area contributed by atoms with Crippen molar-refractivity contribution < 1.29 is 22.0 Å². The summed E-state index contributed by atoms with van der Waals surface area (Å²) < 4.78 is 52.1. The van der Waals surface area contributed by atoms with Crippen LogP contribution in [0.1, 0.15) is 24.1 Å². The van der Waals surface area contributed by atoms with Gasteiger partial charge in [-0.15, -0.1) is 0 Å². The summed E-state index contributed by atoms with van der Waals surface area (Å²) >= 11 is 0. The number of hydrogen-bond donors (Lipinski definition) is 1. The van der Waals surface area contributed by atoms with Gasteiger partial charge in [0.05, 0.1) is 12.6 Å². The Morgan fingerprint density at radius 2 is 1.85 bits per heavy atom. The second-order valence-corrected chi connectivity index (χ2v) is 7.89. The van der Waals surface area contributed by atoms with Gasteiger partial charge in [-0.25, -0.2) is 17.2 Å². The van der Waals surface area contributed by atoms with Crippen molar-refractivity contribution in [2.24, 2.45) is 0 Å². The fourth-order valence-corrected chi connectivity index (χ4v) is 3.18. The van der Waals surface area contributed by atoms with Crippen molar-refractivity contribution in [3.05, 3.63) is 76.7 Å². The highest BCUT2D eigenvalue weighted by atomic mass is 32.2. The number of likely N-dealkylation sites (N-methyl/N-ethyl adjacent to an activating group) is 1. The Morgan fingerprint density at radius 3 is 2.48 bits per heavy atom. The predicted molar refractivity (Wildman–Crippen MR) is 99.9 cm³/mol. The summed E-state index contributed by atoms with van der Waals surface area (Å²) in [6, 6.07) is 11.2. The molecule has 0 bridgehead atoms. The molecule has 2 rings (SSSR count). The minimum absolute atomic E-state index is 0.110. The van der Waals surface area contributed by atoms with Gasteiger partial charge in [-0.05, 0) is 24.6 Å². The van der Waals surface area contributed by atoms with E-state index in [1.165, 1.54) is 26.1 Å². The van der Waals surface area contributed by atoms with Crippen LogP contribution < -0.4 is 5.32 Å². The number of nitrogens with one attached hydrogen (secondary N) is 1. The number of rotatable bonds is 7. The molecule has 1 atom stereocenters. The molecule has 5 nitrogen and oxygen atoms in total. The molecule has 1 amide bonds. The summed E-state index contributed by atoms with van der Waals surface area (Å²) in [7, 11) is -2.53. The summed E-state index contributed by atoms with van der Waals surface area (Å²) in [6.45, 7) is 1.09. The maximum atomic E-state index is 13.8. The maximum absolute atomic E-state index is 13.8. The molecule has 2 aromatic carbocycles. The van der Waals surface area contributed by atoms with Crippen molar-refractivity contribution in [3.63, 3.8) is 0 Å². The van der Waals surface area contributed by atoms with E-state index in [1.807, 2.05) is 6.07 Å². The SMILES string of the molecule is C[C@H](NC(=O)CN(C)S(=O)(=O)/C=C/c1ccccc1)c1ccc(F)cc1F. The minimum atomic E-state index is -3.80. The van der Waals surface area contributed by atoms with Gasteiger partial charge < -0.3 is 5.32 Å². The van der Waals surface area contributed by atoms with Crippen molar-refractivity contribution in [2.45, 2.75) is 13.0 Å². The Balaban J connectivity index is 1.98. The summed E-state index contributed by atoms with van der Waals surface area (Å²) in [6.07, 6.45) is 1.43. The van der Waals surface area contributed by atoms with Crippen LogP contribution >= 0.6 is 0 Å². The first kappa shape index (κ1) is 20.7. The lowest BCUT2D eigenvalue weighted by molar-refractivity contribution is -0.121. The zero-order chi connectivity index (χ0) is 20.0. The number of halogens is 2. The van der Waals surface area contributed by atoms with Crippen molar-refractivity contribution in [2.75, 3.05) is 13.6 Å². The van der Waals surface area contributed by atoms with Crippen LogP contribution in [0.5, 0.6) is 0 Å². The van der Waals surface area contributed by atoms with Crippen molar-refractivity contribution in [1.82, 2.24) is 9.62 Å². The largest absolute Gasteiger partial charge is 0.348 e. The molecule has 0 aliphatic rings. The monoisotopic (exact) mass is 394 g/mol. The van der Waals surface area contributed by atoms with Crippen LogP contribution in [0.2, 0.25) is 0 Å². The van der Waals surface area contributed by atoms with E-state index in [4.69, 9.17) is 0 Å². The van der Waals surface area contributed by atoms with Crippen LogP contribution in [0.15, 0.2) is 53.9 Å². The van der Waals surface area contributed by atoms with E-state index in [1.54, 1.807) is 24.3 Å². The molecule has 0 spiro atoms. The first-order chi connectivity index (χ1) is 12.7. The van der Waals surface area contributed by atoms with Gasteiger partial charge in [-0.2, -0.15) is 4.31 Å². The van der Waals surface area contributed by atoms with Gasteiger partial charge in [0.15, 0.2) is 0 Å². The standard InChI is InChI=1S/C19H20F2N2O3S/c1-14(17-9-8-16(20)12-18(17)21)22-19(24)13-23(2)27(25,26)11-10-15-6-4-3-5-7-15/h3-12,14H,13H2,1-2H3,(H,22,24)/b11-10+/t14-/m0/s1. The Kier molecular flexibility index (Phi) is 6.81. The quantitative estimate of drug-likeness (QED) is 0.785. The number of benzene rings is 2. The summed E-state index contributed by atoms with van der Waals surface area (Å²) in [4.78, 5) is 12.1. The van der Waals surface area contributed by atoms with Gasteiger partial charge in [0.25, 0.3) is 0 Å². The molecule has 27 heavy (non-hydrogen) atoms. The number of sulfonamides is 1. The van der Waals surface area contributed by atoms with Crippen LogP contribution in [-0.4, -0.2) is 32.2 Å². The first-order valence-corrected chi connectivity index (χ1v) is 9.63. The molecular formula is C19H20F2N2O3S. The second-order valence-electron chi connectivity index (χ2n) is 5.97. The first-order valence-electron chi connectivity index (χ1n) is 8.13. The summed E-state index contributed by atoms with van der Waals surface area (Å²) in [5.74, 6) is -2.11. The highest BCUT2D eigenvalue weighted by Crippen LogP contribution is 2.17. The molecule has 0 unspecified atom stereocenters. The van der Waals surface area contributed by atoms with Crippen LogP contribution in [0, 0.1) is 11.6 Å². The molecule has 0 aromatic heterocycles. The topological polar surface area (TPSA) is 66.5 Å². The second kappa shape index (κ2) is 8.88. The van der Waals surface area contributed by atoms with Gasteiger partial charge in [0.1, 0.15) is 11.6 Å². The minimum Gasteiger partial charge on any atom is -0.348 e. The van der Waals surface area contributed by atoms with E-state index in [0.29, 0.717) is 5.56 Å². The van der Waals surface area contributed by atoms with Gasteiger partial charge in [0.2, 0.25) is 15.9 Å². The molecular weight excluding hydrogens is 374 g/mol. The highest BCUT2D eigenvalue weighted by molar-refractivity contribution is 7.92. The van der Waals surface area contributed by atoms with Crippen LogP contribution in [0.4, 0.5) is 8.78 Å². The molecule has 0 fully saturated rings. The molecule has 8 heteroatoms. The molecule has 0 aliphatic heterocycles. The van der Waals surface area contributed by atoms with E-state index in [-0.39, 0.29) is 5.56 Å². The lowest BCUT2D eigenvalue weighted by Gasteiger charge is -2.18. The molecule has 0 saturated carbocycles. The Morgan fingerprint density at radius 1 is 1.19 bits per heavy atom. The van der Waals surface area contributed by atoms with Crippen molar-refractivity contribution in [1.29, 1.82) is 0 Å². The number of carbonyl (C=O) groups is 1. The normalized spacial score (nSPS) is 13.1. The van der Waals surface area contributed by atoms with Gasteiger partial charge in [-0.3, -0.25) is 4.79 Å². The average Bonchev–Trinajstić information content (AvgIpc) is 2.60. The van der Waals surface area contributed by atoms with Gasteiger partial charge in [-0.1, -0.05) is 36.4 Å². The average molecular weight is 394 g/mol. The van der Waals surface area contributed by atoms with E-state index >= 15 is 0 Å². The Bertz CT molecular complexity index is 931. The van der Waals surface area contributed by atoms with Crippen LogP contribution in [-0.2, 0) is 14.8 Å². The van der Waals surface area contributed by atoms with E-state index in [0.717, 1.165) is 21.8 Å². The lowest BCUT2D eigenvalue weighted by Crippen LogP contribution is -2.38. The molecule has 0 saturated heterocycles. The Hall–Kier alpha value is -2.58. The number of carbonyl (C=O) groups excluding carboxylic acids is 1. The van der Waals surface area contributed by atoms with E-state index in [9.17, 15) is 22.0 Å². The van der Waals surface area contributed by atoms with Crippen LogP contribution in [0.25, 0.3) is 6.08 Å². The molecule has 144 valence electrons. The third-order valence-corrected chi connectivity index (χ3v) is 5.32. The number of hydrogen-bond acceptors (Lipinski definition) is 3. The summed E-state index contributed by atoms with van der Waals surface area (Å²) in [5.41, 5.74) is 0.818. The number of nitrogens with zero attached hydrogens (tertiary/aromatic N) is 1. The zero-order valence-corrected chi connectivity index (χ0v) is 15.7. The smallest absolute Gasteiger partial charge is 0.236 e. The third-order valence-electron chi connectivity index (χ3n) is 3.84. The highest BCUT2D eigenvalue weighted by Gasteiger charge is 2.20. The molecule has 0 aliphatic carbocycles. The summed E-state index contributed by atoms with van der Waals surface area (Å²) in [5, 5.41) is 3.51. The van der Waals surface area contributed by atoms with Gasteiger partial charge in [0, 0.05) is 24.1 Å². The van der Waals surface area contributed by atoms with Crippen molar-refractivity contribution >= 4 is 22.0 Å². The molecule has 2 aromatic rings. The number of amides is 1. The van der Waals surface area contributed by atoms with Crippen molar-refractivity contribution in [3.8, 4) is 0 Å². The van der Waals surface area contributed by atoms with E-state index in [2.05, 4.69) is 5.32 Å². The van der Waals surface area contributed by atoms with Gasteiger partial charge >= 0.3 is 0 Å². The fourth-order valence-electron chi connectivity index (χ4n) is 2.34. The molecule has 0 radical (unpaired) electrons. The molecule has 0 heterocycles. The van der Waals surface area contributed by atoms with Crippen LogP contribution in [0.3, 0.4) is 0 Å². The zero-order valence-electron chi connectivity index (χ0n) is 14.9.